The standard InChI is InChI=1S/C22H21NO5/c1-23(15-19-13-8-14-27-19)20(24)16-28-21(25)22(26,17-9-4-2-5-10-17)18-11-6-3-7-12-18/h2-14,26H,15-16H2,1H3. The van der Waals surface area contributed by atoms with Crippen LogP contribution in [0.3, 0.4) is 0 Å². The summed E-state index contributed by atoms with van der Waals surface area (Å²) in [7, 11) is 1.58. The van der Waals surface area contributed by atoms with Crippen LogP contribution in [0.15, 0.2) is 83.5 Å². The van der Waals surface area contributed by atoms with E-state index in [0.717, 1.165) is 0 Å². The van der Waals surface area contributed by atoms with Crippen LogP contribution in [0.4, 0.5) is 0 Å². The number of esters is 1. The summed E-state index contributed by atoms with van der Waals surface area (Å²) in [5, 5.41) is 11.3. The van der Waals surface area contributed by atoms with Crippen molar-refractivity contribution >= 4 is 11.9 Å². The molecular weight excluding hydrogens is 358 g/mol. The molecule has 3 aromatic rings. The second-order valence-corrected chi connectivity index (χ2v) is 6.35. The molecule has 1 aromatic heterocycles. The van der Waals surface area contributed by atoms with E-state index < -0.39 is 24.1 Å². The Bertz CT molecular complexity index is 867. The largest absolute Gasteiger partial charge is 0.467 e. The number of likely N-dealkylation sites (N-methyl/N-ethyl adjacent to an activating group) is 1. The summed E-state index contributed by atoms with van der Waals surface area (Å²) in [6.07, 6.45) is 1.52. The summed E-state index contributed by atoms with van der Waals surface area (Å²) in [5.74, 6) is -0.704. The molecule has 1 amide bonds. The number of hydrogen-bond acceptors (Lipinski definition) is 5. The maximum atomic E-state index is 12.8. The third-order valence-electron chi connectivity index (χ3n) is 4.40. The van der Waals surface area contributed by atoms with Gasteiger partial charge in [-0.2, -0.15) is 0 Å². The molecule has 144 valence electrons. The van der Waals surface area contributed by atoms with Gasteiger partial charge in [0.15, 0.2) is 6.61 Å². The number of hydrogen-bond donors (Lipinski definition) is 1. The Kier molecular flexibility index (Phi) is 5.91. The van der Waals surface area contributed by atoms with Crippen LogP contribution < -0.4 is 0 Å². The highest BCUT2D eigenvalue weighted by Crippen LogP contribution is 2.31. The maximum absolute atomic E-state index is 12.8. The van der Waals surface area contributed by atoms with Crippen LogP contribution >= 0.6 is 0 Å². The second kappa shape index (κ2) is 8.54. The third-order valence-corrected chi connectivity index (χ3v) is 4.40. The first-order chi connectivity index (χ1) is 13.5. The van der Waals surface area contributed by atoms with E-state index >= 15 is 0 Å². The van der Waals surface area contributed by atoms with Crippen molar-refractivity contribution in [3.05, 3.63) is 95.9 Å². The zero-order valence-corrected chi connectivity index (χ0v) is 15.4. The average Bonchev–Trinajstić information content (AvgIpc) is 3.25. The second-order valence-electron chi connectivity index (χ2n) is 6.35. The summed E-state index contributed by atoms with van der Waals surface area (Å²) in [6.45, 7) is -0.233. The maximum Gasteiger partial charge on any atom is 0.348 e. The van der Waals surface area contributed by atoms with Gasteiger partial charge in [0.05, 0.1) is 12.8 Å². The molecule has 3 rings (SSSR count). The van der Waals surface area contributed by atoms with Gasteiger partial charge in [0.25, 0.3) is 5.91 Å². The van der Waals surface area contributed by atoms with Crippen molar-refractivity contribution in [2.75, 3.05) is 13.7 Å². The van der Waals surface area contributed by atoms with Crippen LogP contribution in [-0.4, -0.2) is 35.5 Å². The number of furan rings is 1. The number of nitrogens with zero attached hydrogens (tertiary/aromatic N) is 1. The molecule has 0 aliphatic heterocycles. The van der Waals surface area contributed by atoms with Gasteiger partial charge in [-0.3, -0.25) is 4.79 Å². The van der Waals surface area contributed by atoms with Crippen LogP contribution in [0.25, 0.3) is 0 Å². The molecular formula is C22H21NO5. The molecule has 6 heteroatoms. The van der Waals surface area contributed by atoms with Gasteiger partial charge in [-0.1, -0.05) is 60.7 Å². The molecule has 1 heterocycles. The molecule has 0 spiro atoms. The lowest BCUT2D eigenvalue weighted by Crippen LogP contribution is -2.40. The fraction of sp³-hybridized carbons (Fsp3) is 0.182. The molecule has 0 atom stereocenters. The zero-order valence-electron chi connectivity index (χ0n) is 15.4. The average molecular weight is 379 g/mol. The minimum atomic E-state index is -2.01. The van der Waals surface area contributed by atoms with E-state index in [0.29, 0.717) is 16.9 Å². The van der Waals surface area contributed by atoms with E-state index in [1.165, 1.54) is 11.2 Å². The molecule has 0 aliphatic rings. The molecule has 0 saturated carbocycles. The van der Waals surface area contributed by atoms with Crippen molar-refractivity contribution in [3.63, 3.8) is 0 Å². The Labute approximate surface area is 163 Å². The zero-order chi connectivity index (χ0) is 20.0. The lowest BCUT2D eigenvalue weighted by molar-refractivity contribution is -0.166. The minimum absolute atomic E-state index is 0.255. The van der Waals surface area contributed by atoms with Gasteiger partial charge >= 0.3 is 5.97 Å². The summed E-state index contributed by atoms with van der Waals surface area (Å²) in [6, 6.07) is 20.5. The highest BCUT2D eigenvalue weighted by atomic mass is 16.6. The smallest absolute Gasteiger partial charge is 0.348 e. The molecule has 0 saturated heterocycles. The molecule has 0 radical (unpaired) electrons. The van der Waals surface area contributed by atoms with Crippen LogP contribution in [-0.2, 0) is 26.5 Å². The van der Waals surface area contributed by atoms with Crippen molar-refractivity contribution in [2.24, 2.45) is 0 Å². The number of carbonyl (C=O) groups is 2. The monoisotopic (exact) mass is 379 g/mol. The fourth-order valence-corrected chi connectivity index (χ4v) is 2.83. The first kappa shape index (κ1) is 19.4. The molecule has 28 heavy (non-hydrogen) atoms. The summed E-state index contributed by atoms with van der Waals surface area (Å²) < 4.78 is 10.4. The van der Waals surface area contributed by atoms with Crippen LogP contribution in [0.1, 0.15) is 16.9 Å². The van der Waals surface area contributed by atoms with E-state index in [-0.39, 0.29) is 6.54 Å². The first-order valence-electron chi connectivity index (χ1n) is 8.79. The minimum Gasteiger partial charge on any atom is -0.467 e. The highest BCUT2D eigenvalue weighted by molar-refractivity contribution is 5.88. The fourth-order valence-electron chi connectivity index (χ4n) is 2.83. The van der Waals surface area contributed by atoms with E-state index in [9.17, 15) is 14.7 Å². The van der Waals surface area contributed by atoms with E-state index in [1.807, 2.05) is 0 Å². The van der Waals surface area contributed by atoms with Gasteiger partial charge in [0, 0.05) is 7.05 Å². The van der Waals surface area contributed by atoms with E-state index in [1.54, 1.807) is 79.8 Å². The highest BCUT2D eigenvalue weighted by Gasteiger charge is 2.41. The van der Waals surface area contributed by atoms with E-state index in [4.69, 9.17) is 9.15 Å². The van der Waals surface area contributed by atoms with Gasteiger partial charge in [-0.15, -0.1) is 0 Å². The first-order valence-corrected chi connectivity index (χ1v) is 8.79. The van der Waals surface area contributed by atoms with Crippen LogP contribution in [0, 0.1) is 0 Å². The molecule has 1 N–H and O–H groups in total. The lowest BCUT2D eigenvalue weighted by Gasteiger charge is -2.27. The predicted octanol–water partition coefficient (Wildman–Crippen LogP) is 2.72. The Morgan fingerprint density at radius 1 is 0.964 bits per heavy atom. The number of aliphatic hydroxyl groups is 1. The molecule has 0 aliphatic carbocycles. The van der Waals surface area contributed by atoms with Gasteiger partial charge in [-0.25, -0.2) is 4.79 Å². The molecule has 6 nitrogen and oxygen atoms in total. The lowest BCUT2D eigenvalue weighted by atomic mass is 9.86. The summed E-state index contributed by atoms with van der Waals surface area (Å²) in [5.41, 5.74) is -1.28. The van der Waals surface area contributed by atoms with Gasteiger partial charge in [0.2, 0.25) is 5.60 Å². The number of rotatable bonds is 7. The number of carbonyl (C=O) groups excluding carboxylic acids is 2. The molecule has 0 fully saturated rings. The number of benzene rings is 2. The predicted molar refractivity (Wildman–Crippen MR) is 102 cm³/mol. The van der Waals surface area contributed by atoms with Gasteiger partial charge < -0.3 is 19.2 Å². The number of amides is 1. The van der Waals surface area contributed by atoms with Crippen LogP contribution in [0.5, 0.6) is 0 Å². The van der Waals surface area contributed by atoms with Crippen molar-refractivity contribution < 1.29 is 23.8 Å². The van der Waals surface area contributed by atoms with E-state index in [2.05, 4.69) is 0 Å². The Balaban J connectivity index is 1.74. The van der Waals surface area contributed by atoms with Crippen molar-refractivity contribution in [1.82, 2.24) is 4.90 Å². The summed E-state index contributed by atoms with van der Waals surface area (Å²) in [4.78, 5) is 26.5. The van der Waals surface area contributed by atoms with Crippen molar-refractivity contribution in [2.45, 2.75) is 12.1 Å². The van der Waals surface area contributed by atoms with Crippen molar-refractivity contribution in [1.29, 1.82) is 0 Å². The summed E-state index contributed by atoms with van der Waals surface area (Å²) >= 11 is 0. The Hall–Kier alpha value is -3.38. The van der Waals surface area contributed by atoms with Crippen molar-refractivity contribution in [3.8, 4) is 0 Å². The molecule has 0 unspecified atom stereocenters. The topological polar surface area (TPSA) is 80.0 Å². The Morgan fingerprint density at radius 3 is 2.04 bits per heavy atom. The quantitative estimate of drug-likeness (QED) is 0.639. The Morgan fingerprint density at radius 2 is 1.54 bits per heavy atom. The third kappa shape index (κ3) is 4.13. The molecule has 2 aromatic carbocycles. The van der Waals surface area contributed by atoms with Crippen LogP contribution in [0.2, 0.25) is 0 Å². The normalized spacial score (nSPS) is 11.1. The molecule has 0 bridgehead atoms. The number of ether oxygens (including phenoxy) is 1. The SMILES string of the molecule is CN(Cc1ccco1)C(=O)COC(=O)C(O)(c1ccccc1)c1ccccc1. The van der Waals surface area contributed by atoms with Gasteiger partial charge in [0.1, 0.15) is 5.76 Å². The van der Waals surface area contributed by atoms with Gasteiger partial charge in [-0.05, 0) is 23.3 Å².